The number of thiazole rings is 1. The molecule has 0 spiro atoms. The minimum atomic E-state index is 0.796. The number of nitrogens with one attached hydrogen (secondary N) is 1. The van der Waals surface area contributed by atoms with Crippen LogP contribution in [0.3, 0.4) is 0 Å². The van der Waals surface area contributed by atoms with Crippen molar-refractivity contribution in [3.63, 3.8) is 0 Å². The molecule has 0 saturated carbocycles. The fourth-order valence-electron chi connectivity index (χ4n) is 1.78. The number of benzene rings is 2. The van der Waals surface area contributed by atoms with Crippen molar-refractivity contribution in [2.24, 2.45) is 5.10 Å². The van der Waals surface area contributed by atoms with E-state index in [-0.39, 0.29) is 0 Å². The number of nitrogens with zero attached hydrogens (tertiary/aromatic N) is 2. The number of hydrogen-bond acceptors (Lipinski definition) is 4. The fraction of sp³-hybridized carbons (Fsp3) is 0. The lowest BCUT2D eigenvalue weighted by Gasteiger charge is -1.92. The molecule has 3 rings (SSSR count). The van der Waals surface area contributed by atoms with Gasteiger partial charge < -0.3 is 0 Å². The summed E-state index contributed by atoms with van der Waals surface area (Å²) in [6.45, 7) is 0. The molecular weight excluding hydrogens is 346 g/mol. The van der Waals surface area contributed by atoms with E-state index in [9.17, 15) is 0 Å². The number of hydrazone groups is 1. The zero-order valence-electron chi connectivity index (χ0n) is 11.0. The Morgan fingerprint density at radius 3 is 2.71 bits per heavy atom. The molecule has 2 aromatic carbocycles. The van der Waals surface area contributed by atoms with Gasteiger partial charge in [-0.15, -0.1) is 0 Å². The van der Waals surface area contributed by atoms with Crippen molar-refractivity contribution in [3.8, 4) is 0 Å². The van der Waals surface area contributed by atoms with Crippen LogP contribution in [-0.4, -0.2) is 11.2 Å². The van der Waals surface area contributed by atoms with Crippen molar-refractivity contribution in [2.75, 3.05) is 5.43 Å². The van der Waals surface area contributed by atoms with Gasteiger partial charge in [0.2, 0.25) is 5.13 Å². The summed E-state index contributed by atoms with van der Waals surface area (Å²) in [4.78, 5) is 4.44. The molecule has 0 aliphatic carbocycles. The van der Waals surface area contributed by atoms with Gasteiger partial charge in [-0.3, -0.25) is 5.43 Å². The van der Waals surface area contributed by atoms with Gasteiger partial charge in [0.1, 0.15) is 0 Å². The lowest BCUT2D eigenvalue weighted by Crippen LogP contribution is -1.86. The number of fused-ring (bicyclic) bond motifs is 1. The summed E-state index contributed by atoms with van der Waals surface area (Å²) in [6.07, 6.45) is 5.60. The van der Waals surface area contributed by atoms with Gasteiger partial charge in [0, 0.05) is 10.7 Å². The van der Waals surface area contributed by atoms with Crippen LogP contribution < -0.4 is 5.43 Å². The summed E-state index contributed by atoms with van der Waals surface area (Å²) in [5.41, 5.74) is 5.07. The Kier molecular flexibility index (Phi) is 4.43. The molecule has 0 saturated heterocycles. The van der Waals surface area contributed by atoms with Crippen LogP contribution in [0.25, 0.3) is 16.3 Å². The summed E-state index contributed by atoms with van der Waals surface area (Å²) in [7, 11) is 0. The SMILES string of the molecule is Brc1ccc(/C=C/C=N\Nc2nc3ccccc3s2)cc1. The van der Waals surface area contributed by atoms with Crippen LogP contribution >= 0.6 is 27.3 Å². The Balaban J connectivity index is 1.60. The molecular formula is C16H12BrN3S. The topological polar surface area (TPSA) is 37.3 Å². The number of anilines is 1. The highest BCUT2D eigenvalue weighted by molar-refractivity contribution is 9.10. The third kappa shape index (κ3) is 3.77. The summed E-state index contributed by atoms with van der Waals surface area (Å²) in [6, 6.07) is 16.1. The minimum absolute atomic E-state index is 0.796. The van der Waals surface area contributed by atoms with E-state index < -0.39 is 0 Å². The first-order valence-electron chi connectivity index (χ1n) is 6.38. The van der Waals surface area contributed by atoms with Crippen LogP contribution in [-0.2, 0) is 0 Å². The van der Waals surface area contributed by atoms with Crippen molar-refractivity contribution < 1.29 is 0 Å². The molecule has 1 heterocycles. The van der Waals surface area contributed by atoms with Gasteiger partial charge in [-0.2, -0.15) is 5.10 Å². The Morgan fingerprint density at radius 1 is 1.10 bits per heavy atom. The van der Waals surface area contributed by atoms with Gasteiger partial charge in [0.15, 0.2) is 0 Å². The standard InChI is InChI=1S/C16H12BrN3S/c17-13-9-7-12(8-10-13)4-3-11-18-20-16-19-14-5-1-2-6-15(14)21-16/h1-11H,(H,19,20)/b4-3+,18-11-. The largest absolute Gasteiger partial charge is 0.253 e. The van der Waals surface area contributed by atoms with Crippen LogP contribution in [0.4, 0.5) is 5.13 Å². The first-order chi connectivity index (χ1) is 10.3. The summed E-state index contributed by atoms with van der Waals surface area (Å²) in [5, 5.41) is 4.94. The second-order valence-electron chi connectivity index (χ2n) is 4.29. The maximum absolute atomic E-state index is 4.44. The molecule has 1 N–H and O–H groups in total. The van der Waals surface area contributed by atoms with E-state index in [4.69, 9.17) is 0 Å². The van der Waals surface area contributed by atoms with Gasteiger partial charge in [-0.25, -0.2) is 4.98 Å². The van der Waals surface area contributed by atoms with E-state index in [2.05, 4.69) is 37.5 Å². The Bertz CT molecular complexity index is 758. The maximum Gasteiger partial charge on any atom is 0.204 e. The smallest absolute Gasteiger partial charge is 0.204 e. The second kappa shape index (κ2) is 6.65. The number of para-hydroxylation sites is 1. The molecule has 1 aromatic heterocycles. The number of allylic oxidation sites excluding steroid dienone is 1. The van der Waals surface area contributed by atoms with E-state index in [1.807, 2.05) is 54.6 Å². The van der Waals surface area contributed by atoms with Gasteiger partial charge in [-0.05, 0) is 35.9 Å². The summed E-state index contributed by atoms with van der Waals surface area (Å²) >= 11 is 5.00. The van der Waals surface area contributed by atoms with E-state index in [1.165, 1.54) is 0 Å². The average Bonchev–Trinajstić information content (AvgIpc) is 2.91. The zero-order valence-corrected chi connectivity index (χ0v) is 13.4. The molecule has 104 valence electrons. The number of rotatable bonds is 4. The molecule has 0 unspecified atom stereocenters. The molecule has 0 aliphatic heterocycles. The highest BCUT2D eigenvalue weighted by atomic mass is 79.9. The van der Waals surface area contributed by atoms with E-state index in [0.717, 1.165) is 25.4 Å². The number of aromatic nitrogens is 1. The third-order valence-corrected chi connectivity index (χ3v) is 4.24. The molecule has 3 nitrogen and oxygen atoms in total. The predicted octanol–water partition coefficient (Wildman–Crippen LogP) is 5.17. The molecule has 0 amide bonds. The van der Waals surface area contributed by atoms with Crippen molar-refractivity contribution in [2.45, 2.75) is 0 Å². The number of hydrogen-bond donors (Lipinski definition) is 1. The third-order valence-electron chi connectivity index (χ3n) is 2.77. The second-order valence-corrected chi connectivity index (χ2v) is 6.23. The quantitative estimate of drug-likeness (QED) is 0.516. The van der Waals surface area contributed by atoms with Gasteiger partial charge >= 0.3 is 0 Å². The summed E-state index contributed by atoms with van der Waals surface area (Å²) in [5.74, 6) is 0. The monoisotopic (exact) mass is 357 g/mol. The molecule has 21 heavy (non-hydrogen) atoms. The lowest BCUT2D eigenvalue weighted by atomic mass is 10.2. The van der Waals surface area contributed by atoms with Gasteiger partial charge in [0.05, 0.1) is 10.2 Å². The maximum atomic E-state index is 4.44. The van der Waals surface area contributed by atoms with E-state index in [0.29, 0.717) is 0 Å². The minimum Gasteiger partial charge on any atom is -0.253 e. The van der Waals surface area contributed by atoms with E-state index in [1.54, 1.807) is 17.6 Å². The Hall–Kier alpha value is -1.98. The molecule has 5 heteroatoms. The molecule has 0 fully saturated rings. The summed E-state index contributed by atoms with van der Waals surface area (Å²) < 4.78 is 2.23. The lowest BCUT2D eigenvalue weighted by molar-refractivity contribution is 1.31. The average molecular weight is 358 g/mol. The molecule has 0 bridgehead atoms. The molecule has 0 aliphatic rings. The van der Waals surface area contributed by atoms with Crippen molar-refractivity contribution in [3.05, 3.63) is 64.6 Å². The molecule has 0 atom stereocenters. The Morgan fingerprint density at radius 2 is 1.90 bits per heavy atom. The van der Waals surface area contributed by atoms with Crippen molar-refractivity contribution >= 4 is 54.9 Å². The number of halogens is 1. The Labute approximate surface area is 135 Å². The normalized spacial score (nSPS) is 11.7. The highest BCUT2D eigenvalue weighted by Gasteiger charge is 2.00. The molecule has 3 aromatic rings. The van der Waals surface area contributed by atoms with Crippen LogP contribution in [0.2, 0.25) is 0 Å². The molecule has 0 radical (unpaired) electrons. The van der Waals surface area contributed by atoms with Gasteiger partial charge in [-0.1, -0.05) is 57.6 Å². The fourth-order valence-corrected chi connectivity index (χ4v) is 2.86. The van der Waals surface area contributed by atoms with Crippen molar-refractivity contribution in [1.29, 1.82) is 0 Å². The van der Waals surface area contributed by atoms with E-state index >= 15 is 0 Å². The van der Waals surface area contributed by atoms with Crippen LogP contribution in [0.5, 0.6) is 0 Å². The highest BCUT2D eigenvalue weighted by Crippen LogP contribution is 2.25. The van der Waals surface area contributed by atoms with Gasteiger partial charge in [0.25, 0.3) is 0 Å². The van der Waals surface area contributed by atoms with Crippen LogP contribution in [0.1, 0.15) is 5.56 Å². The predicted molar refractivity (Wildman–Crippen MR) is 94.9 cm³/mol. The van der Waals surface area contributed by atoms with Crippen LogP contribution in [0.15, 0.2) is 64.2 Å². The first-order valence-corrected chi connectivity index (χ1v) is 7.99. The first kappa shape index (κ1) is 14.0. The van der Waals surface area contributed by atoms with Crippen LogP contribution in [0, 0.1) is 0 Å². The zero-order chi connectivity index (χ0) is 14.5. The van der Waals surface area contributed by atoms with Crippen molar-refractivity contribution in [1.82, 2.24) is 4.98 Å².